The third-order valence-corrected chi connectivity index (χ3v) is 16.4. The molecule has 0 amide bonds. The van der Waals surface area contributed by atoms with Gasteiger partial charge >= 0.3 is 0 Å². The van der Waals surface area contributed by atoms with Gasteiger partial charge in [-0.15, -0.1) is 0 Å². The predicted molar refractivity (Wildman–Crippen MR) is 315 cm³/mol. The molecule has 2 aliphatic heterocycles. The summed E-state index contributed by atoms with van der Waals surface area (Å²) in [5.74, 6) is 0. The molecular formula is C70H65BN2. The van der Waals surface area contributed by atoms with Gasteiger partial charge in [-0.1, -0.05) is 200 Å². The lowest BCUT2D eigenvalue weighted by atomic mass is 9.33. The second-order valence-electron chi connectivity index (χ2n) is 23.4. The quantitative estimate of drug-likeness (QED) is 0.116. The van der Waals surface area contributed by atoms with Gasteiger partial charge in [-0.2, -0.15) is 0 Å². The molecule has 0 unspecified atom stereocenters. The zero-order valence-corrected chi connectivity index (χ0v) is 44.0. The van der Waals surface area contributed by atoms with Crippen LogP contribution in [0.15, 0.2) is 200 Å². The lowest BCUT2D eigenvalue weighted by Crippen LogP contribution is -2.62. The van der Waals surface area contributed by atoms with Gasteiger partial charge in [-0.25, -0.2) is 0 Å². The number of hydrogen-bond acceptors (Lipinski definition) is 2. The molecule has 0 atom stereocenters. The van der Waals surface area contributed by atoms with E-state index in [4.69, 9.17) is 0 Å². The summed E-state index contributed by atoms with van der Waals surface area (Å²) in [5.41, 5.74) is 27.8. The Hall–Kier alpha value is -7.62. The average Bonchev–Trinajstić information content (AvgIpc) is 3.40. The van der Waals surface area contributed by atoms with Gasteiger partial charge in [0.2, 0.25) is 0 Å². The third kappa shape index (κ3) is 8.05. The van der Waals surface area contributed by atoms with E-state index in [0.29, 0.717) is 0 Å². The number of rotatable bonds is 7. The first kappa shape index (κ1) is 46.5. The molecule has 12 rings (SSSR count). The average molecular weight is 945 g/mol. The van der Waals surface area contributed by atoms with Crippen LogP contribution in [-0.4, -0.2) is 6.71 Å². The van der Waals surface area contributed by atoms with Crippen LogP contribution in [0.2, 0.25) is 0 Å². The van der Waals surface area contributed by atoms with Crippen molar-refractivity contribution in [3.63, 3.8) is 0 Å². The molecular weight excluding hydrogens is 880 g/mol. The summed E-state index contributed by atoms with van der Waals surface area (Å²) in [7, 11) is 0. The van der Waals surface area contributed by atoms with Crippen LogP contribution in [0.5, 0.6) is 0 Å². The Balaban J connectivity index is 1.20. The van der Waals surface area contributed by atoms with Gasteiger partial charge in [-0.05, 0) is 181 Å². The lowest BCUT2D eigenvalue weighted by Gasteiger charge is -2.48. The van der Waals surface area contributed by atoms with Crippen molar-refractivity contribution in [3.05, 3.63) is 245 Å². The molecule has 2 heterocycles. The first-order chi connectivity index (χ1) is 35.1. The molecule has 9 aromatic rings. The molecule has 3 heteroatoms. The molecule has 9 aromatic carbocycles. The minimum atomic E-state index is -0.0548. The van der Waals surface area contributed by atoms with Crippen LogP contribution in [0.25, 0.3) is 33.9 Å². The van der Waals surface area contributed by atoms with E-state index in [-0.39, 0.29) is 23.0 Å². The van der Waals surface area contributed by atoms with Gasteiger partial charge in [0.15, 0.2) is 0 Å². The Morgan fingerprint density at radius 3 is 1.64 bits per heavy atom. The van der Waals surface area contributed by atoms with Crippen molar-refractivity contribution in [2.45, 2.75) is 91.4 Å². The molecule has 0 saturated carbocycles. The van der Waals surface area contributed by atoms with Gasteiger partial charge < -0.3 is 9.80 Å². The van der Waals surface area contributed by atoms with Gasteiger partial charge in [0.1, 0.15) is 0 Å². The largest absolute Gasteiger partial charge is 0.311 e. The van der Waals surface area contributed by atoms with E-state index in [1.807, 2.05) is 0 Å². The number of nitrogens with zero attached hydrogens (tertiary/aromatic N) is 2. The number of aryl methyl sites for hydroxylation is 2. The third-order valence-electron chi connectivity index (χ3n) is 16.4. The summed E-state index contributed by atoms with van der Waals surface area (Å²) < 4.78 is 0. The molecule has 0 aromatic heterocycles. The van der Waals surface area contributed by atoms with E-state index in [1.165, 1.54) is 123 Å². The van der Waals surface area contributed by atoms with Gasteiger partial charge in [0.25, 0.3) is 6.71 Å². The number of benzene rings is 9. The number of anilines is 6. The van der Waals surface area contributed by atoms with E-state index in [9.17, 15) is 0 Å². The zero-order valence-electron chi connectivity index (χ0n) is 44.0. The van der Waals surface area contributed by atoms with E-state index in [2.05, 4.69) is 278 Å². The summed E-state index contributed by atoms with van der Waals surface area (Å²) in [5, 5.41) is 0. The summed E-state index contributed by atoms with van der Waals surface area (Å²) in [6.07, 6.45) is 4.66. The van der Waals surface area contributed by atoms with Crippen LogP contribution in [0.3, 0.4) is 0 Å². The fourth-order valence-electron chi connectivity index (χ4n) is 12.3. The Bertz CT molecular complexity index is 3620. The molecule has 3 aliphatic rings. The van der Waals surface area contributed by atoms with Crippen LogP contribution in [0.1, 0.15) is 106 Å². The molecule has 358 valence electrons. The summed E-state index contributed by atoms with van der Waals surface area (Å²) in [6, 6.07) is 75.6. The maximum absolute atomic E-state index is 2.67. The van der Waals surface area contributed by atoms with Crippen LogP contribution in [0, 0.1) is 13.8 Å². The monoisotopic (exact) mass is 945 g/mol. The van der Waals surface area contributed by atoms with Crippen molar-refractivity contribution in [1.82, 2.24) is 0 Å². The molecule has 0 spiro atoms. The molecule has 0 bridgehead atoms. The standard InChI is InChI=1S/C70H65BN2/c1-46-38-65-67-66(39-46)73(62-35-32-54(68(3,4)5)43-56(62)51-28-20-13-21-29-51)64-45-58-57(69(6,7)36-37-70(58,8)9)44-60(64)71(67)59-42-53(55(50-26-18-12-19-27-50)41-48-22-14-10-15-23-48)31-34-63(59)72(65)61-33-30-52(40-47(61)2)49-24-16-11-17-25-49/h10-35,38-45H,36-37H2,1-9H3/b55-41-. The zero-order chi connectivity index (χ0) is 50.4. The highest BCUT2D eigenvalue weighted by Crippen LogP contribution is 2.52. The highest BCUT2D eigenvalue weighted by molar-refractivity contribution is 7.00. The molecule has 0 radical (unpaired) electrons. The van der Waals surface area contributed by atoms with Crippen LogP contribution >= 0.6 is 0 Å². The fraction of sp³-hybridized carbons (Fsp3) is 0.200. The first-order valence-corrected chi connectivity index (χ1v) is 26.4. The maximum Gasteiger partial charge on any atom is 0.252 e. The normalized spacial score (nSPS) is 15.3. The van der Waals surface area contributed by atoms with Crippen LogP contribution in [-0.2, 0) is 16.2 Å². The van der Waals surface area contributed by atoms with Crippen LogP contribution in [0.4, 0.5) is 34.1 Å². The van der Waals surface area contributed by atoms with Crippen LogP contribution < -0.4 is 26.2 Å². The second-order valence-corrected chi connectivity index (χ2v) is 23.4. The van der Waals surface area contributed by atoms with E-state index < -0.39 is 0 Å². The van der Waals surface area contributed by atoms with Crippen molar-refractivity contribution in [2.24, 2.45) is 0 Å². The lowest BCUT2D eigenvalue weighted by molar-refractivity contribution is 0.332. The Labute approximate surface area is 434 Å². The minimum Gasteiger partial charge on any atom is -0.311 e. The summed E-state index contributed by atoms with van der Waals surface area (Å²) in [4.78, 5) is 5.28. The van der Waals surface area contributed by atoms with E-state index in [1.54, 1.807) is 0 Å². The predicted octanol–water partition coefficient (Wildman–Crippen LogP) is 17.0. The van der Waals surface area contributed by atoms with Gasteiger partial charge in [0.05, 0.1) is 5.69 Å². The molecule has 2 nitrogen and oxygen atoms in total. The number of hydrogen-bond donors (Lipinski definition) is 0. The molecule has 0 saturated heterocycles. The summed E-state index contributed by atoms with van der Waals surface area (Å²) in [6.45, 7) is 21.4. The second kappa shape index (κ2) is 17.6. The van der Waals surface area contributed by atoms with Crippen molar-refractivity contribution in [2.75, 3.05) is 9.80 Å². The Kier molecular flexibility index (Phi) is 11.2. The highest BCUT2D eigenvalue weighted by Gasteiger charge is 2.47. The van der Waals surface area contributed by atoms with Crippen molar-refractivity contribution in [3.8, 4) is 22.3 Å². The van der Waals surface area contributed by atoms with E-state index in [0.717, 1.165) is 12.8 Å². The smallest absolute Gasteiger partial charge is 0.252 e. The van der Waals surface area contributed by atoms with Crippen molar-refractivity contribution >= 4 is 68.9 Å². The van der Waals surface area contributed by atoms with Crippen molar-refractivity contribution < 1.29 is 0 Å². The highest BCUT2D eigenvalue weighted by atomic mass is 15.2. The molecule has 1 aliphatic carbocycles. The fourth-order valence-corrected chi connectivity index (χ4v) is 12.3. The van der Waals surface area contributed by atoms with Gasteiger partial charge in [-0.3, -0.25) is 0 Å². The summed E-state index contributed by atoms with van der Waals surface area (Å²) >= 11 is 0. The number of fused-ring (bicyclic) bond motifs is 5. The first-order valence-electron chi connectivity index (χ1n) is 26.4. The topological polar surface area (TPSA) is 6.48 Å². The van der Waals surface area contributed by atoms with Crippen molar-refractivity contribution in [1.29, 1.82) is 0 Å². The molecule has 0 fully saturated rings. The van der Waals surface area contributed by atoms with E-state index >= 15 is 0 Å². The molecule has 73 heavy (non-hydrogen) atoms. The Morgan fingerprint density at radius 1 is 0.466 bits per heavy atom. The Morgan fingerprint density at radius 2 is 1.01 bits per heavy atom. The SMILES string of the molecule is Cc1cc2c3c(c1)N(c1ccc(C(C)(C)C)cc1-c1ccccc1)c1cc4c(cc1B3c1cc(/C(=C\c3ccccc3)c3ccccc3)ccc1N2c1ccc(-c2ccccc2)cc1C)C(C)(C)CCC4(C)C. The van der Waals surface area contributed by atoms with Gasteiger partial charge in [0, 0.05) is 34.0 Å². The minimum absolute atomic E-state index is 0.00649. The maximum atomic E-state index is 2.67. The molecule has 0 N–H and O–H groups in total.